The maximum atomic E-state index is 12.5. The van der Waals surface area contributed by atoms with Crippen molar-refractivity contribution in [2.45, 2.75) is 31.7 Å². The van der Waals surface area contributed by atoms with Crippen molar-refractivity contribution in [2.24, 2.45) is 0 Å². The zero-order chi connectivity index (χ0) is 17.5. The zero-order valence-corrected chi connectivity index (χ0v) is 14.4. The van der Waals surface area contributed by atoms with E-state index in [-0.39, 0.29) is 12.5 Å². The predicted molar refractivity (Wildman–Crippen MR) is 98.7 cm³/mol. The predicted octanol–water partition coefficient (Wildman–Crippen LogP) is 2.93. The van der Waals surface area contributed by atoms with Gasteiger partial charge in [0.2, 0.25) is 0 Å². The van der Waals surface area contributed by atoms with Gasteiger partial charge in [0.25, 0.3) is 5.91 Å². The smallest absolute Gasteiger partial charge is 0.253 e. The molecule has 2 N–H and O–H groups in total. The Balaban J connectivity index is 1.65. The number of amides is 1. The summed E-state index contributed by atoms with van der Waals surface area (Å²) in [5, 5.41) is 12.4. The van der Waals surface area contributed by atoms with E-state index in [1.807, 2.05) is 42.5 Å². The first-order valence-corrected chi connectivity index (χ1v) is 8.95. The Hall–Kier alpha value is -2.40. The SMILES string of the molecule is O=C(NC(CO)c1ccccc1)c1ccc(N2CCCCCC2)nc1. The highest BCUT2D eigenvalue weighted by atomic mass is 16.3. The molecule has 5 heteroatoms. The Bertz CT molecular complexity index is 665. The van der Waals surface area contributed by atoms with Crippen molar-refractivity contribution < 1.29 is 9.90 Å². The van der Waals surface area contributed by atoms with Gasteiger partial charge in [0.1, 0.15) is 5.82 Å². The van der Waals surface area contributed by atoms with E-state index in [2.05, 4.69) is 15.2 Å². The van der Waals surface area contributed by atoms with Crippen LogP contribution in [0.5, 0.6) is 0 Å². The molecular formula is C20H25N3O2. The quantitative estimate of drug-likeness (QED) is 0.879. The van der Waals surface area contributed by atoms with Gasteiger partial charge >= 0.3 is 0 Å². The third-order valence-electron chi connectivity index (χ3n) is 4.63. The maximum Gasteiger partial charge on any atom is 0.253 e. The number of carbonyl (C=O) groups is 1. The number of nitrogens with one attached hydrogen (secondary N) is 1. The van der Waals surface area contributed by atoms with E-state index >= 15 is 0 Å². The molecule has 1 aliphatic heterocycles. The van der Waals surface area contributed by atoms with E-state index in [4.69, 9.17) is 0 Å². The van der Waals surface area contributed by atoms with E-state index in [0.29, 0.717) is 5.56 Å². The average molecular weight is 339 g/mol. The first-order valence-electron chi connectivity index (χ1n) is 8.95. The number of aromatic nitrogens is 1. The number of pyridine rings is 1. The topological polar surface area (TPSA) is 65.5 Å². The van der Waals surface area contributed by atoms with Crippen LogP contribution < -0.4 is 10.2 Å². The highest BCUT2D eigenvalue weighted by molar-refractivity contribution is 5.94. The molecule has 0 aliphatic carbocycles. The van der Waals surface area contributed by atoms with Gasteiger partial charge in [-0.1, -0.05) is 43.2 Å². The molecule has 1 fully saturated rings. The fourth-order valence-electron chi connectivity index (χ4n) is 3.17. The largest absolute Gasteiger partial charge is 0.394 e. The number of rotatable bonds is 5. The van der Waals surface area contributed by atoms with Crippen LogP contribution in [0.2, 0.25) is 0 Å². The summed E-state index contributed by atoms with van der Waals surface area (Å²) in [4.78, 5) is 19.2. The summed E-state index contributed by atoms with van der Waals surface area (Å²) in [6.45, 7) is 1.91. The van der Waals surface area contributed by atoms with Crippen molar-refractivity contribution in [3.8, 4) is 0 Å². The van der Waals surface area contributed by atoms with Gasteiger partial charge in [-0.15, -0.1) is 0 Å². The number of benzene rings is 1. The van der Waals surface area contributed by atoms with E-state index < -0.39 is 6.04 Å². The van der Waals surface area contributed by atoms with Crippen LogP contribution in [0, 0.1) is 0 Å². The molecule has 0 radical (unpaired) electrons. The molecule has 1 aliphatic rings. The Labute approximate surface area is 148 Å². The standard InChI is InChI=1S/C20H25N3O2/c24-15-18(16-8-4-3-5-9-16)22-20(25)17-10-11-19(21-14-17)23-12-6-1-2-7-13-23/h3-5,8-11,14,18,24H,1-2,6-7,12-13,15H2,(H,22,25). The minimum atomic E-state index is -0.418. The molecule has 0 saturated carbocycles. The number of aliphatic hydroxyl groups excluding tert-OH is 1. The third kappa shape index (κ3) is 4.57. The van der Waals surface area contributed by atoms with Crippen LogP contribution >= 0.6 is 0 Å². The van der Waals surface area contributed by atoms with Gasteiger partial charge < -0.3 is 15.3 Å². The molecule has 1 atom stereocenters. The van der Waals surface area contributed by atoms with E-state index in [1.165, 1.54) is 25.7 Å². The minimum Gasteiger partial charge on any atom is -0.394 e. The van der Waals surface area contributed by atoms with Crippen molar-refractivity contribution in [3.05, 3.63) is 59.8 Å². The van der Waals surface area contributed by atoms with Gasteiger partial charge in [-0.3, -0.25) is 4.79 Å². The lowest BCUT2D eigenvalue weighted by Gasteiger charge is -2.21. The van der Waals surface area contributed by atoms with Crippen molar-refractivity contribution >= 4 is 11.7 Å². The first kappa shape index (κ1) is 17.4. The van der Waals surface area contributed by atoms with E-state index in [9.17, 15) is 9.90 Å². The molecule has 5 nitrogen and oxygen atoms in total. The number of hydrogen-bond acceptors (Lipinski definition) is 4. The third-order valence-corrected chi connectivity index (χ3v) is 4.63. The van der Waals surface area contributed by atoms with Crippen LogP contribution in [0.4, 0.5) is 5.82 Å². The van der Waals surface area contributed by atoms with Gasteiger partial charge in [-0.2, -0.15) is 0 Å². The lowest BCUT2D eigenvalue weighted by molar-refractivity contribution is 0.0916. The molecule has 1 unspecified atom stereocenters. The van der Waals surface area contributed by atoms with Crippen LogP contribution in [0.3, 0.4) is 0 Å². The molecular weight excluding hydrogens is 314 g/mol. The second kappa shape index (κ2) is 8.62. The maximum absolute atomic E-state index is 12.5. The molecule has 1 aromatic heterocycles. The van der Waals surface area contributed by atoms with E-state index in [0.717, 1.165) is 24.5 Å². The fraction of sp³-hybridized carbons (Fsp3) is 0.400. The van der Waals surface area contributed by atoms with Gasteiger partial charge in [0.05, 0.1) is 18.2 Å². The van der Waals surface area contributed by atoms with Crippen molar-refractivity contribution in [1.82, 2.24) is 10.3 Å². The molecule has 132 valence electrons. The summed E-state index contributed by atoms with van der Waals surface area (Å²) >= 11 is 0. The van der Waals surface area contributed by atoms with Crippen LogP contribution in [-0.2, 0) is 0 Å². The Morgan fingerprint density at radius 1 is 1.08 bits per heavy atom. The van der Waals surface area contributed by atoms with Gasteiger partial charge in [-0.25, -0.2) is 4.98 Å². The average Bonchev–Trinajstić information content (AvgIpc) is 2.96. The number of carbonyl (C=O) groups excluding carboxylic acids is 1. The summed E-state index contributed by atoms with van der Waals surface area (Å²) in [5.41, 5.74) is 1.39. The number of aliphatic hydroxyl groups is 1. The molecule has 0 bridgehead atoms. The van der Waals surface area contributed by atoms with Crippen LogP contribution in [0.25, 0.3) is 0 Å². The number of anilines is 1. The highest BCUT2D eigenvalue weighted by Gasteiger charge is 2.16. The second-order valence-electron chi connectivity index (χ2n) is 6.43. The van der Waals surface area contributed by atoms with Gasteiger partial charge in [-0.05, 0) is 30.5 Å². The molecule has 1 saturated heterocycles. The Morgan fingerprint density at radius 3 is 2.40 bits per heavy atom. The zero-order valence-electron chi connectivity index (χ0n) is 14.4. The fourth-order valence-corrected chi connectivity index (χ4v) is 3.17. The number of hydrogen-bond donors (Lipinski definition) is 2. The lowest BCUT2D eigenvalue weighted by atomic mass is 10.1. The van der Waals surface area contributed by atoms with Crippen LogP contribution in [0.1, 0.15) is 47.6 Å². The number of nitrogens with zero attached hydrogens (tertiary/aromatic N) is 2. The van der Waals surface area contributed by atoms with E-state index in [1.54, 1.807) is 6.20 Å². The molecule has 25 heavy (non-hydrogen) atoms. The normalized spacial score (nSPS) is 16.1. The van der Waals surface area contributed by atoms with Crippen LogP contribution in [0.15, 0.2) is 48.7 Å². The summed E-state index contributed by atoms with van der Waals surface area (Å²) in [6, 6.07) is 12.8. The monoisotopic (exact) mass is 339 g/mol. The molecule has 0 spiro atoms. The molecule has 2 heterocycles. The minimum absolute atomic E-state index is 0.144. The highest BCUT2D eigenvalue weighted by Crippen LogP contribution is 2.18. The summed E-state index contributed by atoms with van der Waals surface area (Å²) in [7, 11) is 0. The first-order chi connectivity index (χ1) is 12.3. The van der Waals surface area contributed by atoms with Gasteiger partial charge in [0, 0.05) is 19.3 Å². The van der Waals surface area contributed by atoms with Crippen LogP contribution in [-0.4, -0.2) is 35.7 Å². The Morgan fingerprint density at radius 2 is 1.80 bits per heavy atom. The second-order valence-corrected chi connectivity index (χ2v) is 6.43. The van der Waals surface area contributed by atoms with Crippen molar-refractivity contribution in [3.63, 3.8) is 0 Å². The molecule has 2 aromatic rings. The summed E-state index contributed by atoms with van der Waals surface area (Å²) in [6.07, 6.45) is 6.56. The molecule has 3 rings (SSSR count). The molecule has 1 aromatic carbocycles. The summed E-state index contributed by atoms with van der Waals surface area (Å²) < 4.78 is 0. The van der Waals surface area contributed by atoms with Gasteiger partial charge in [0.15, 0.2) is 0 Å². The lowest BCUT2D eigenvalue weighted by Crippen LogP contribution is -2.31. The molecule has 1 amide bonds. The van der Waals surface area contributed by atoms with Crippen molar-refractivity contribution in [1.29, 1.82) is 0 Å². The van der Waals surface area contributed by atoms with Crippen molar-refractivity contribution in [2.75, 3.05) is 24.6 Å². The Kier molecular flexibility index (Phi) is 6.01. The summed E-state index contributed by atoms with van der Waals surface area (Å²) in [5.74, 6) is 0.707.